The Bertz CT molecular complexity index is 468. The summed E-state index contributed by atoms with van der Waals surface area (Å²) in [7, 11) is 0. The number of amidine groups is 1. The van der Waals surface area contributed by atoms with Crippen LogP contribution in [0.25, 0.3) is 0 Å². The van der Waals surface area contributed by atoms with Crippen LogP contribution in [0.1, 0.15) is 33.3 Å². The number of hydrazone groups is 1. The predicted octanol–water partition coefficient (Wildman–Crippen LogP) is 3.30. The van der Waals surface area contributed by atoms with Crippen LogP contribution in [0, 0.1) is 0 Å². The van der Waals surface area contributed by atoms with E-state index in [4.69, 9.17) is 23.3 Å². The van der Waals surface area contributed by atoms with E-state index in [0.29, 0.717) is 15.9 Å². The fourth-order valence-electron chi connectivity index (χ4n) is 1.57. The molecule has 0 saturated heterocycles. The lowest BCUT2D eigenvalue weighted by atomic mass is 9.87. The molecular formula is C13H21ClN4S. The molecule has 0 heterocycles. The first-order valence-corrected chi connectivity index (χ1v) is 7.43. The van der Waals surface area contributed by atoms with E-state index in [-0.39, 0.29) is 5.41 Å². The van der Waals surface area contributed by atoms with Gasteiger partial charge in [-0.05, 0) is 28.9 Å². The molecule has 0 atom stereocenters. The van der Waals surface area contributed by atoms with Crippen molar-refractivity contribution in [3.05, 3.63) is 28.8 Å². The Labute approximate surface area is 124 Å². The van der Waals surface area contributed by atoms with Crippen LogP contribution in [0.15, 0.2) is 23.3 Å². The van der Waals surface area contributed by atoms with E-state index in [1.807, 2.05) is 25.1 Å². The first-order chi connectivity index (χ1) is 8.81. The molecule has 0 amide bonds. The van der Waals surface area contributed by atoms with Gasteiger partial charge in [0.25, 0.3) is 0 Å². The Morgan fingerprint density at radius 3 is 2.47 bits per heavy atom. The van der Waals surface area contributed by atoms with Crippen molar-refractivity contribution in [1.29, 1.82) is 0 Å². The van der Waals surface area contributed by atoms with Gasteiger partial charge in [0.2, 0.25) is 5.17 Å². The monoisotopic (exact) mass is 300 g/mol. The second kappa shape index (κ2) is 6.50. The second-order valence-electron chi connectivity index (χ2n) is 5.13. The molecule has 0 aliphatic rings. The van der Waals surface area contributed by atoms with Crippen molar-refractivity contribution < 1.29 is 0 Å². The average molecular weight is 301 g/mol. The number of thioether (sulfide) groups is 1. The third-order valence-corrected chi connectivity index (χ3v) is 3.81. The molecule has 0 aliphatic carbocycles. The summed E-state index contributed by atoms with van der Waals surface area (Å²) in [5.41, 5.74) is 1.90. The van der Waals surface area contributed by atoms with Gasteiger partial charge >= 0.3 is 0 Å². The van der Waals surface area contributed by atoms with Crippen molar-refractivity contribution in [2.75, 3.05) is 10.8 Å². The average Bonchev–Trinajstić information content (AvgIpc) is 2.34. The molecule has 0 spiro atoms. The van der Waals surface area contributed by atoms with Gasteiger partial charge in [-0.3, -0.25) is 5.01 Å². The number of halogens is 1. The highest BCUT2D eigenvalue weighted by Crippen LogP contribution is 2.31. The van der Waals surface area contributed by atoms with E-state index in [1.54, 1.807) is 0 Å². The molecule has 6 heteroatoms. The standard InChI is InChI=1S/C13H21ClN4S/c1-5-19-12(17-15)18(16)11-7-6-9(8-10(11)14)13(2,3)4/h6-8H,5,15-16H2,1-4H3/b17-12+. The quantitative estimate of drug-likeness (QED) is 0.380. The van der Waals surface area contributed by atoms with Gasteiger partial charge in [-0.25, -0.2) is 5.84 Å². The Balaban J connectivity index is 3.09. The number of benzene rings is 1. The minimum absolute atomic E-state index is 0.0462. The SMILES string of the molecule is CCS/C(=N/N)N(N)c1ccc(C(C)(C)C)cc1Cl. The van der Waals surface area contributed by atoms with Crippen molar-refractivity contribution in [3.63, 3.8) is 0 Å². The molecule has 0 aromatic heterocycles. The van der Waals surface area contributed by atoms with Crippen molar-refractivity contribution in [1.82, 2.24) is 0 Å². The predicted molar refractivity (Wildman–Crippen MR) is 86.6 cm³/mol. The highest BCUT2D eigenvalue weighted by Gasteiger charge is 2.18. The first-order valence-electron chi connectivity index (χ1n) is 6.06. The Hall–Kier alpha value is -0.910. The molecule has 1 rings (SSSR count). The zero-order chi connectivity index (χ0) is 14.6. The zero-order valence-corrected chi connectivity index (χ0v) is 13.3. The van der Waals surface area contributed by atoms with Crippen molar-refractivity contribution in [2.24, 2.45) is 16.8 Å². The van der Waals surface area contributed by atoms with Gasteiger partial charge in [-0.15, -0.1) is 0 Å². The van der Waals surface area contributed by atoms with Crippen LogP contribution in [0.4, 0.5) is 5.69 Å². The lowest BCUT2D eigenvalue weighted by Crippen LogP contribution is -2.36. The van der Waals surface area contributed by atoms with E-state index < -0.39 is 0 Å². The number of hydrogen-bond acceptors (Lipinski definition) is 4. The number of hydrazine groups is 1. The maximum atomic E-state index is 6.30. The fraction of sp³-hybridized carbons (Fsp3) is 0.462. The maximum absolute atomic E-state index is 6.30. The van der Waals surface area contributed by atoms with Gasteiger partial charge < -0.3 is 5.84 Å². The van der Waals surface area contributed by atoms with Crippen LogP contribution in [0.3, 0.4) is 0 Å². The van der Waals surface area contributed by atoms with E-state index >= 15 is 0 Å². The summed E-state index contributed by atoms with van der Waals surface area (Å²) >= 11 is 7.77. The van der Waals surface area contributed by atoms with E-state index in [1.165, 1.54) is 16.8 Å². The Morgan fingerprint density at radius 2 is 2.05 bits per heavy atom. The number of anilines is 1. The number of rotatable bonds is 2. The van der Waals surface area contributed by atoms with E-state index in [0.717, 1.165) is 11.3 Å². The fourth-order valence-corrected chi connectivity index (χ4v) is 2.41. The molecule has 106 valence electrons. The van der Waals surface area contributed by atoms with Crippen molar-refractivity contribution >= 4 is 34.2 Å². The Kier molecular flexibility index (Phi) is 5.52. The maximum Gasteiger partial charge on any atom is 0.201 e. The van der Waals surface area contributed by atoms with Gasteiger partial charge in [-0.2, -0.15) is 5.10 Å². The van der Waals surface area contributed by atoms with Gasteiger partial charge in [0.15, 0.2) is 0 Å². The van der Waals surface area contributed by atoms with Crippen molar-refractivity contribution in [2.45, 2.75) is 33.1 Å². The minimum atomic E-state index is 0.0462. The molecular weight excluding hydrogens is 280 g/mol. The van der Waals surface area contributed by atoms with E-state index in [9.17, 15) is 0 Å². The summed E-state index contributed by atoms with van der Waals surface area (Å²) in [6.07, 6.45) is 0. The van der Waals surface area contributed by atoms with Crippen LogP contribution in [-0.4, -0.2) is 10.9 Å². The molecule has 0 radical (unpaired) electrons. The molecule has 0 unspecified atom stereocenters. The highest BCUT2D eigenvalue weighted by atomic mass is 35.5. The smallest absolute Gasteiger partial charge is 0.201 e. The topological polar surface area (TPSA) is 67.6 Å². The largest absolute Gasteiger partial charge is 0.321 e. The van der Waals surface area contributed by atoms with Crippen LogP contribution in [-0.2, 0) is 5.41 Å². The molecule has 1 aromatic carbocycles. The minimum Gasteiger partial charge on any atom is -0.321 e. The molecule has 0 bridgehead atoms. The van der Waals surface area contributed by atoms with Crippen LogP contribution in [0.5, 0.6) is 0 Å². The van der Waals surface area contributed by atoms with Gasteiger partial charge in [0, 0.05) is 0 Å². The summed E-state index contributed by atoms with van der Waals surface area (Å²) < 4.78 is 0. The van der Waals surface area contributed by atoms with Gasteiger partial charge in [0.1, 0.15) is 0 Å². The summed E-state index contributed by atoms with van der Waals surface area (Å²) in [6, 6.07) is 5.84. The normalized spacial score (nSPS) is 12.6. The van der Waals surface area contributed by atoms with Crippen LogP contribution < -0.4 is 16.7 Å². The third kappa shape index (κ3) is 4.03. The molecule has 4 N–H and O–H groups in total. The number of hydrogen-bond donors (Lipinski definition) is 2. The van der Waals surface area contributed by atoms with Gasteiger partial charge in [0.05, 0.1) is 10.7 Å². The summed E-state index contributed by atoms with van der Waals surface area (Å²) in [4.78, 5) is 0. The third-order valence-electron chi connectivity index (χ3n) is 2.66. The summed E-state index contributed by atoms with van der Waals surface area (Å²) in [5, 5.41) is 6.23. The molecule has 0 fully saturated rings. The zero-order valence-electron chi connectivity index (χ0n) is 11.8. The van der Waals surface area contributed by atoms with Crippen LogP contribution in [0.2, 0.25) is 5.02 Å². The van der Waals surface area contributed by atoms with Crippen molar-refractivity contribution in [3.8, 4) is 0 Å². The first kappa shape index (κ1) is 16.1. The second-order valence-corrected chi connectivity index (χ2v) is 6.77. The number of nitrogens with two attached hydrogens (primary N) is 2. The van der Waals surface area contributed by atoms with Gasteiger partial charge in [-0.1, -0.05) is 57.1 Å². The summed E-state index contributed by atoms with van der Waals surface area (Å²) in [5.74, 6) is 12.2. The molecule has 4 nitrogen and oxygen atoms in total. The lowest BCUT2D eigenvalue weighted by Gasteiger charge is -2.23. The molecule has 0 saturated carbocycles. The Morgan fingerprint density at radius 1 is 1.42 bits per heavy atom. The molecule has 0 aliphatic heterocycles. The molecule has 1 aromatic rings. The van der Waals surface area contributed by atoms with Crippen LogP contribution >= 0.6 is 23.4 Å². The van der Waals surface area contributed by atoms with E-state index in [2.05, 4.69) is 25.9 Å². The summed E-state index contributed by atoms with van der Waals surface area (Å²) in [6.45, 7) is 8.42. The number of nitrogens with zero attached hydrogens (tertiary/aromatic N) is 2. The molecule has 19 heavy (non-hydrogen) atoms. The highest BCUT2D eigenvalue weighted by molar-refractivity contribution is 8.14. The lowest BCUT2D eigenvalue weighted by molar-refractivity contribution is 0.590.